The quantitative estimate of drug-likeness (QED) is 0.934. The predicted octanol–water partition coefficient (Wildman–Crippen LogP) is 2.87. The molecule has 0 radical (unpaired) electrons. The van der Waals surface area contributed by atoms with E-state index in [1.54, 1.807) is 28.8 Å². The van der Waals surface area contributed by atoms with Crippen LogP contribution in [0.25, 0.3) is 0 Å². The number of aryl methyl sites for hydroxylation is 2. The van der Waals surface area contributed by atoms with Gasteiger partial charge in [-0.25, -0.2) is 4.98 Å². The lowest BCUT2D eigenvalue weighted by atomic mass is 9.98. The molecule has 1 aliphatic heterocycles. The van der Waals surface area contributed by atoms with Crippen LogP contribution in [-0.4, -0.2) is 38.9 Å². The largest absolute Gasteiger partial charge is 0.434 e. The summed E-state index contributed by atoms with van der Waals surface area (Å²) in [5, 5.41) is 0. The van der Waals surface area contributed by atoms with Crippen molar-refractivity contribution in [2.24, 2.45) is 5.92 Å². The first-order valence-corrected chi connectivity index (χ1v) is 7.78. The average molecular weight is 340 g/mol. The first-order chi connectivity index (χ1) is 11.3. The molecule has 1 atom stereocenters. The summed E-state index contributed by atoms with van der Waals surface area (Å²) in [4.78, 5) is 20.7. The molecule has 24 heavy (non-hydrogen) atoms. The van der Waals surface area contributed by atoms with Crippen molar-refractivity contribution in [1.82, 2.24) is 19.4 Å². The number of carbonyl (C=O) groups excluding carboxylic acids is 1. The van der Waals surface area contributed by atoms with E-state index in [1.807, 2.05) is 6.92 Å². The zero-order valence-electron chi connectivity index (χ0n) is 13.5. The highest BCUT2D eigenvalue weighted by atomic mass is 19.4. The molecule has 1 amide bonds. The van der Waals surface area contributed by atoms with Gasteiger partial charge in [0.2, 0.25) is 0 Å². The number of hydrogen-bond donors (Lipinski definition) is 1. The van der Waals surface area contributed by atoms with Crippen LogP contribution in [0.2, 0.25) is 0 Å². The van der Waals surface area contributed by atoms with Gasteiger partial charge in [0.1, 0.15) is 5.82 Å². The number of aromatic nitrogens is 3. The van der Waals surface area contributed by atoms with E-state index >= 15 is 0 Å². The normalized spacial score (nSPS) is 17.6. The van der Waals surface area contributed by atoms with Crippen LogP contribution in [0.1, 0.15) is 34.0 Å². The topological polar surface area (TPSA) is 53.9 Å². The Bertz CT molecular complexity index is 747. The number of carbonyl (C=O) groups is 1. The van der Waals surface area contributed by atoms with Crippen LogP contribution in [0, 0.1) is 12.8 Å². The number of nitrogens with zero attached hydrogens (tertiary/aromatic N) is 3. The summed E-state index contributed by atoms with van der Waals surface area (Å²) in [7, 11) is 1.72. The Morgan fingerprint density at radius 2 is 2.25 bits per heavy atom. The molecule has 0 bridgehead atoms. The first kappa shape index (κ1) is 16.6. The van der Waals surface area contributed by atoms with Crippen molar-refractivity contribution < 1.29 is 18.0 Å². The van der Waals surface area contributed by atoms with Crippen LogP contribution >= 0.6 is 0 Å². The fourth-order valence-electron chi connectivity index (χ4n) is 3.16. The SMILES string of the molecule is Cc1[nH]ccc1C(=O)N(C)CC1CCc2nc(C(F)(F)F)cn2C1. The van der Waals surface area contributed by atoms with Crippen molar-refractivity contribution in [3.8, 4) is 0 Å². The molecule has 8 heteroatoms. The fraction of sp³-hybridized carbons (Fsp3) is 0.500. The number of nitrogens with one attached hydrogen (secondary N) is 1. The number of amides is 1. The second-order valence-electron chi connectivity index (χ2n) is 6.30. The maximum atomic E-state index is 12.8. The van der Waals surface area contributed by atoms with Crippen molar-refractivity contribution in [2.45, 2.75) is 32.5 Å². The maximum Gasteiger partial charge on any atom is 0.434 e. The van der Waals surface area contributed by atoms with Gasteiger partial charge in [0, 0.05) is 44.6 Å². The maximum absolute atomic E-state index is 12.8. The zero-order valence-corrected chi connectivity index (χ0v) is 13.5. The number of fused-ring (bicyclic) bond motifs is 1. The molecule has 130 valence electrons. The van der Waals surface area contributed by atoms with Gasteiger partial charge in [-0.3, -0.25) is 4.79 Å². The van der Waals surface area contributed by atoms with Gasteiger partial charge in [0.15, 0.2) is 5.69 Å². The summed E-state index contributed by atoms with van der Waals surface area (Å²) in [5.74, 6) is 0.496. The first-order valence-electron chi connectivity index (χ1n) is 7.78. The minimum absolute atomic E-state index is 0.0823. The van der Waals surface area contributed by atoms with E-state index in [0.29, 0.717) is 30.9 Å². The highest BCUT2D eigenvalue weighted by molar-refractivity contribution is 5.95. The number of alkyl halides is 3. The van der Waals surface area contributed by atoms with Crippen LogP contribution < -0.4 is 0 Å². The van der Waals surface area contributed by atoms with E-state index in [-0.39, 0.29) is 11.8 Å². The number of rotatable bonds is 3. The summed E-state index contributed by atoms with van der Waals surface area (Å²) in [6, 6.07) is 1.73. The number of H-pyrrole nitrogens is 1. The third kappa shape index (κ3) is 3.18. The number of halogens is 3. The molecule has 3 rings (SSSR count). The van der Waals surface area contributed by atoms with Crippen molar-refractivity contribution in [3.05, 3.63) is 41.2 Å². The van der Waals surface area contributed by atoms with Gasteiger partial charge in [0.05, 0.1) is 5.56 Å². The molecular formula is C16H19F3N4O. The Hall–Kier alpha value is -2.25. The third-order valence-corrected chi connectivity index (χ3v) is 4.44. The van der Waals surface area contributed by atoms with Gasteiger partial charge in [-0.15, -0.1) is 0 Å². The van der Waals surface area contributed by atoms with Gasteiger partial charge in [-0.05, 0) is 25.3 Å². The van der Waals surface area contributed by atoms with Crippen molar-refractivity contribution >= 4 is 5.91 Å². The Kier molecular flexibility index (Phi) is 4.15. The molecular weight excluding hydrogens is 321 g/mol. The van der Waals surface area contributed by atoms with Gasteiger partial charge in [-0.2, -0.15) is 13.2 Å². The smallest absolute Gasteiger partial charge is 0.365 e. The molecule has 0 saturated carbocycles. The minimum Gasteiger partial charge on any atom is -0.365 e. The summed E-state index contributed by atoms with van der Waals surface area (Å²) < 4.78 is 39.8. The Morgan fingerprint density at radius 1 is 1.50 bits per heavy atom. The van der Waals surface area contributed by atoms with Crippen LogP contribution in [0.3, 0.4) is 0 Å². The van der Waals surface area contributed by atoms with Gasteiger partial charge < -0.3 is 14.5 Å². The molecule has 1 aliphatic rings. The number of aromatic amines is 1. The van der Waals surface area contributed by atoms with Crippen LogP contribution in [0.15, 0.2) is 18.5 Å². The highest BCUT2D eigenvalue weighted by Gasteiger charge is 2.36. The second kappa shape index (κ2) is 5.99. The Morgan fingerprint density at radius 3 is 2.88 bits per heavy atom. The van der Waals surface area contributed by atoms with E-state index in [0.717, 1.165) is 18.3 Å². The van der Waals surface area contributed by atoms with Crippen LogP contribution in [0.4, 0.5) is 13.2 Å². The fourth-order valence-corrected chi connectivity index (χ4v) is 3.16. The van der Waals surface area contributed by atoms with Crippen molar-refractivity contribution in [1.29, 1.82) is 0 Å². The monoisotopic (exact) mass is 340 g/mol. The second-order valence-corrected chi connectivity index (χ2v) is 6.30. The number of hydrogen-bond acceptors (Lipinski definition) is 2. The van der Waals surface area contributed by atoms with Gasteiger partial charge >= 0.3 is 6.18 Å². The van der Waals surface area contributed by atoms with E-state index in [2.05, 4.69) is 9.97 Å². The summed E-state index contributed by atoms with van der Waals surface area (Å²) in [6.07, 6.45) is -0.421. The highest BCUT2D eigenvalue weighted by Crippen LogP contribution is 2.30. The predicted molar refractivity (Wildman–Crippen MR) is 81.5 cm³/mol. The lowest BCUT2D eigenvalue weighted by Crippen LogP contribution is -2.35. The molecule has 0 aromatic carbocycles. The molecule has 0 aliphatic carbocycles. The zero-order chi connectivity index (χ0) is 17.5. The molecule has 1 unspecified atom stereocenters. The van der Waals surface area contributed by atoms with Gasteiger partial charge in [-0.1, -0.05) is 0 Å². The standard InChI is InChI=1S/C16H19F3N4O/c1-10-12(5-6-20-10)15(24)22(2)7-11-3-4-14-21-13(16(17,18)19)9-23(14)8-11/h5-6,9,11,20H,3-4,7-8H2,1-2H3. The molecule has 2 aromatic rings. The molecule has 1 N–H and O–H groups in total. The molecule has 0 fully saturated rings. The lowest BCUT2D eigenvalue weighted by molar-refractivity contribution is -0.141. The minimum atomic E-state index is -4.42. The Balaban J connectivity index is 1.66. The molecule has 0 saturated heterocycles. The third-order valence-electron chi connectivity index (χ3n) is 4.44. The van der Waals surface area contributed by atoms with E-state index in [4.69, 9.17) is 0 Å². The molecule has 2 aromatic heterocycles. The molecule has 3 heterocycles. The average Bonchev–Trinajstić information content (AvgIpc) is 3.11. The molecule has 0 spiro atoms. The number of imidazole rings is 1. The van der Waals surface area contributed by atoms with Crippen molar-refractivity contribution in [2.75, 3.05) is 13.6 Å². The summed E-state index contributed by atoms with van der Waals surface area (Å²) in [6.45, 7) is 2.78. The van der Waals surface area contributed by atoms with Gasteiger partial charge in [0.25, 0.3) is 5.91 Å². The summed E-state index contributed by atoms with van der Waals surface area (Å²) in [5.41, 5.74) is 0.587. The lowest BCUT2D eigenvalue weighted by Gasteiger charge is -2.28. The van der Waals surface area contributed by atoms with Crippen LogP contribution in [-0.2, 0) is 19.1 Å². The van der Waals surface area contributed by atoms with Crippen LogP contribution in [0.5, 0.6) is 0 Å². The Labute approximate surface area is 137 Å². The van der Waals surface area contributed by atoms with Crippen molar-refractivity contribution in [3.63, 3.8) is 0 Å². The van der Waals surface area contributed by atoms with E-state index in [1.165, 1.54) is 0 Å². The molecule has 5 nitrogen and oxygen atoms in total. The summed E-state index contributed by atoms with van der Waals surface area (Å²) >= 11 is 0. The van der Waals surface area contributed by atoms with E-state index < -0.39 is 11.9 Å². The van der Waals surface area contributed by atoms with E-state index in [9.17, 15) is 18.0 Å².